The van der Waals surface area contributed by atoms with Crippen LogP contribution in [0.4, 0.5) is 0 Å². The number of aromatic hydroxyl groups is 2. The van der Waals surface area contributed by atoms with Crippen LogP contribution in [0.5, 0.6) is 11.5 Å². The third kappa shape index (κ3) is 7.41. The van der Waals surface area contributed by atoms with Crippen molar-refractivity contribution in [1.82, 2.24) is 0 Å². The molecule has 2 aromatic rings. The summed E-state index contributed by atoms with van der Waals surface area (Å²) >= 11 is 0. The van der Waals surface area contributed by atoms with Crippen LogP contribution in [-0.4, -0.2) is 49.2 Å². The minimum Gasteiger partial charge on any atom is -0.508 e. The van der Waals surface area contributed by atoms with Gasteiger partial charge in [-0.05, 0) is 70.9 Å². The molecule has 2 fully saturated rings. The first-order chi connectivity index (χ1) is 19.9. The molecule has 0 bridgehead atoms. The van der Waals surface area contributed by atoms with Crippen molar-refractivity contribution in [2.45, 2.75) is 118 Å². The normalized spacial score (nSPS) is 24.0. The molecule has 4 rings (SSSR count). The summed E-state index contributed by atoms with van der Waals surface area (Å²) in [6.45, 7) is 23.8. The summed E-state index contributed by atoms with van der Waals surface area (Å²) in [5.74, 6) is 0.708. The molecule has 0 atom stereocenters. The van der Waals surface area contributed by atoms with Crippen LogP contribution >= 0.6 is 0 Å². The van der Waals surface area contributed by atoms with Crippen LogP contribution in [0.2, 0.25) is 0 Å². The van der Waals surface area contributed by atoms with Crippen LogP contribution in [0.1, 0.15) is 104 Å². The molecule has 1 spiro atoms. The molecule has 2 N–H and O–H groups in total. The minimum atomic E-state index is -0.347. The first kappa shape index (κ1) is 33.8. The van der Waals surface area contributed by atoms with Crippen molar-refractivity contribution < 1.29 is 29.2 Å². The predicted octanol–water partition coefficient (Wildman–Crippen LogP) is 8.04. The second-order valence-corrected chi connectivity index (χ2v) is 15.9. The van der Waals surface area contributed by atoms with Gasteiger partial charge in [-0.15, -0.1) is 0 Å². The molecule has 0 radical (unpaired) electrons. The van der Waals surface area contributed by atoms with E-state index in [9.17, 15) is 10.2 Å². The number of hydrogen-bond acceptors (Lipinski definition) is 6. The summed E-state index contributed by atoms with van der Waals surface area (Å²) in [6.07, 6.45) is 2.74. The van der Waals surface area contributed by atoms with E-state index in [1.165, 1.54) is 11.1 Å². The van der Waals surface area contributed by atoms with E-state index in [2.05, 4.69) is 81.4 Å². The Kier molecular flexibility index (Phi) is 9.69. The molecule has 0 amide bonds. The summed E-state index contributed by atoms with van der Waals surface area (Å²) < 4.78 is 25.5. The molecule has 0 aromatic heterocycles. The molecule has 6 heteroatoms. The maximum atomic E-state index is 10.5. The standard InChI is InChI=1S/C37H56O6/c1-11-33(3,4)27-17-25(13-15-29(27)38)19-35(7,8)31-40-21-37(22-41-31)23-42-32(43-24-37)36(9,10)20-26-14-16-30(39)28(18-26)34(5,6)12-2/h13-18,31-32,38-39H,11-12,19-24H2,1-10H3. The Morgan fingerprint density at radius 2 is 0.930 bits per heavy atom. The Morgan fingerprint density at radius 1 is 0.605 bits per heavy atom. The van der Waals surface area contributed by atoms with Gasteiger partial charge in [0, 0.05) is 10.8 Å². The highest BCUT2D eigenvalue weighted by molar-refractivity contribution is 5.42. The SMILES string of the molecule is CCC(C)(C)c1cc(CC(C)(C)C2OCC3(CO2)COC(C(C)(C)Cc2ccc(O)c(C(C)(C)CC)c2)OC3)ccc1O. The summed E-state index contributed by atoms with van der Waals surface area (Å²) in [7, 11) is 0. The molecular formula is C37H56O6. The molecule has 0 saturated carbocycles. The van der Waals surface area contributed by atoms with Crippen LogP contribution in [0, 0.1) is 16.2 Å². The Morgan fingerprint density at radius 3 is 1.23 bits per heavy atom. The molecule has 2 aromatic carbocycles. The molecule has 0 aliphatic carbocycles. The highest BCUT2D eigenvalue weighted by atomic mass is 16.7. The van der Waals surface area contributed by atoms with Crippen molar-refractivity contribution in [2.24, 2.45) is 16.2 Å². The smallest absolute Gasteiger partial charge is 0.162 e. The summed E-state index contributed by atoms with van der Waals surface area (Å²) in [6, 6.07) is 11.9. The van der Waals surface area contributed by atoms with Gasteiger partial charge in [-0.3, -0.25) is 0 Å². The molecule has 2 heterocycles. The Labute approximate surface area is 260 Å². The van der Waals surface area contributed by atoms with E-state index in [4.69, 9.17) is 18.9 Å². The maximum absolute atomic E-state index is 10.5. The molecule has 2 aliphatic rings. The lowest BCUT2D eigenvalue weighted by Crippen LogP contribution is -2.56. The molecule has 6 nitrogen and oxygen atoms in total. The van der Waals surface area contributed by atoms with Gasteiger partial charge in [0.15, 0.2) is 12.6 Å². The Hall–Kier alpha value is -2.12. The van der Waals surface area contributed by atoms with Crippen LogP contribution < -0.4 is 0 Å². The van der Waals surface area contributed by atoms with Crippen molar-refractivity contribution in [2.75, 3.05) is 26.4 Å². The fourth-order valence-electron chi connectivity index (χ4n) is 6.33. The van der Waals surface area contributed by atoms with Gasteiger partial charge < -0.3 is 29.2 Å². The van der Waals surface area contributed by atoms with E-state index in [0.29, 0.717) is 37.9 Å². The van der Waals surface area contributed by atoms with Crippen molar-refractivity contribution in [3.63, 3.8) is 0 Å². The monoisotopic (exact) mass is 596 g/mol. The summed E-state index contributed by atoms with van der Waals surface area (Å²) in [5, 5.41) is 21.0. The Balaban J connectivity index is 1.35. The predicted molar refractivity (Wildman–Crippen MR) is 172 cm³/mol. The number of rotatable bonds is 10. The Bertz CT molecular complexity index is 1140. The van der Waals surface area contributed by atoms with E-state index in [1.807, 2.05) is 24.3 Å². The van der Waals surface area contributed by atoms with Crippen LogP contribution in [0.25, 0.3) is 0 Å². The van der Waals surface area contributed by atoms with Crippen molar-refractivity contribution in [3.05, 3.63) is 58.7 Å². The van der Waals surface area contributed by atoms with Crippen LogP contribution in [-0.2, 0) is 42.6 Å². The van der Waals surface area contributed by atoms with E-state index in [0.717, 1.165) is 36.8 Å². The summed E-state index contributed by atoms with van der Waals surface area (Å²) in [5.41, 5.74) is 3.26. The topological polar surface area (TPSA) is 77.4 Å². The highest BCUT2D eigenvalue weighted by Crippen LogP contribution is 2.42. The van der Waals surface area contributed by atoms with Crippen molar-refractivity contribution in [3.8, 4) is 11.5 Å². The lowest BCUT2D eigenvalue weighted by molar-refractivity contribution is -0.333. The molecule has 0 unspecified atom stereocenters. The maximum Gasteiger partial charge on any atom is 0.162 e. The van der Waals surface area contributed by atoms with Crippen LogP contribution in [0.3, 0.4) is 0 Å². The third-order valence-corrected chi connectivity index (χ3v) is 10.1. The van der Waals surface area contributed by atoms with Gasteiger partial charge in [0.25, 0.3) is 0 Å². The fourth-order valence-corrected chi connectivity index (χ4v) is 6.33. The fraction of sp³-hybridized carbons (Fsp3) is 0.676. The summed E-state index contributed by atoms with van der Waals surface area (Å²) in [4.78, 5) is 0. The number of benzene rings is 2. The third-order valence-electron chi connectivity index (χ3n) is 10.1. The zero-order valence-corrected chi connectivity index (χ0v) is 28.3. The number of ether oxygens (including phenoxy) is 4. The second-order valence-electron chi connectivity index (χ2n) is 15.9. The van der Waals surface area contributed by atoms with E-state index >= 15 is 0 Å². The van der Waals surface area contributed by atoms with Gasteiger partial charge in [-0.1, -0.05) is 93.5 Å². The van der Waals surface area contributed by atoms with E-state index in [-0.39, 0.29) is 39.7 Å². The van der Waals surface area contributed by atoms with Crippen LogP contribution in [0.15, 0.2) is 36.4 Å². The van der Waals surface area contributed by atoms with Gasteiger partial charge >= 0.3 is 0 Å². The molecule has 2 aliphatic heterocycles. The van der Waals surface area contributed by atoms with Crippen molar-refractivity contribution in [1.29, 1.82) is 0 Å². The zero-order valence-electron chi connectivity index (χ0n) is 28.3. The van der Waals surface area contributed by atoms with Crippen molar-refractivity contribution >= 4 is 0 Å². The molecule has 240 valence electrons. The first-order valence-corrected chi connectivity index (χ1v) is 16.0. The molecule has 2 saturated heterocycles. The number of hydrogen-bond donors (Lipinski definition) is 2. The number of phenols is 2. The van der Waals surface area contributed by atoms with Gasteiger partial charge in [0.2, 0.25) is 0 Å². The minimum absolute atomic E-state index is 0.0964. The molecular weight excluding hydrogens is 540 g/mol. The molecule has 43 heavy (non-hydrogen) atoms. The zero-order chi connectivity index (χ0) is 31.8. The van der Waals surface area contributed by atoms with Gasteiger partial charge in [-0.2, -0.15) is 0 Å². The lowest BCUT2D eigenvalue weighted by Gasteiger charge is -2.49. The van der Waals surface area contributed by atoms with Gasteiger partial charge in [-0.25, -0.2) is 0 Å². The average molecular weight is 597 g/mol. The van der Waals surface area contributed by atoms with E-state index in [1.54, 1.807) is 0 Å². The van der Waals surface area contributed by atoms with Gasteiger partial charge in [0.1, 0.15) is 11.5 Å². The first-order valence-electron chi connectivity index (χ1n) is 16.0. The number of phenolic OH excluding ortho intramolecular Hbond substituents is 2. The van der Waals surface area contributed by atoms with E-state index < -0.39 is 0 Å². The largest absolute Gasteiger partial charge is 0.508 e. The quantitative estimate of drug-likeness (QED) is 0.289. The lowest BCUT2D eigenvalue weighted by atomic mass is 9.78. The van der Waals surface area contributed by atoms with Gasteiger partial charge in [0.05, 0.1) is 31.8 Å². The second kappa shape index (κ2) is 12.3. The average Bonchev–Trinajstić information content (AvgIpc) is 2.95. The highest BCUT2D eigenvalue weighted by Gasteiger charge is 2.47.